The van der Waals surface area contributed by atoms with E-state index in [1.165, 1.54) is 6.42 Å². The number of hydrogen-bond donors (Lipinski definition) is 1. The molecule has 0 aromatic carbocycles. The lowest BCUT2D eigenvalue weighted by Gasteiger charge is -2.36. The van der Waals surface area contributed by atoms with Gasteiger partial charge in [0.15, 0.2) is 0 Å². The normalized spacial score (nSPS) is 31.9. The van der Waals surface area contributed by atoms with Crippen LogP contribution >= 0.6 is 0 Å². The van der Waals surface area contributed by atoms with Crippen LogP contribution in [0.5, 0.6) is 0 Å². The number of ether oxygens (including phenoxy) is 2. The highest BCUT2D eigenvalue weighted by molar-refractivity contribution is 4.83. The van der Waals surface area contributed by atoms with Gasteiger partial charge in [0.2, 0.25) is 0 Å². The molecule has 82 valence electrons. The first-order valence-corrected chi connectivity index (χ1v) is 5.51. The maximum Gasteiger partial charge on any atom is 0.0594 e. The Morgan fingerprint density at radius 2 is 2.00 bits per heavy atom. The summed E-state index contributed by atoms with van der Waals surface area (Å²) in [6.07, 6.45) is 1.17. The lowest BCUT2D eigenvalue weighted by Crippen LogP contribution is -2.50. The van der Waals surface area contributed by atoms with Gasteiger partial charge in [0, 0.05) is 38.2 Å². The van der Waals surface area contributed by atoms with Crippen LogP contribution in [0, 0.1) is 5.92 Å². The molecule has 0 bridgehead atoms. The molecule has 0 saturated carbocycles. The zero-order valence-electron chi connectivity index (χ0n) is 8.65. The first-order valence-electron chi connectivity index (χ1n) is 5.51. The van der Waals surface area contributed by atoms with Crippen molar-refractivity contribution in [3.8, 4) is 0 Å². The summed E-state index contributed by atoms with van der Waals surface area (Å²) in [7, 11) is 0. The first-order chi connectivity index (χ1) is 6.92. The summed E-state index contributed by atoms with van der Waals surface area (Å²) in [6, 6.07) is 0.501. The van der Waals surface area contributed by atoms with Crippen LogP contribution in [0.4, 0.5) is 0 Å². The van der Waals surface area contributed by atoms with Gasteiger partial charge in [0.05, 0.1) is 19.8 Å². The van der Waals surface area contributed by atoms with Gasteiger partial charge < -0.3 is 15.2 Å². The molecule has 0 aliphatic carbocycles. The SMILES string of the molecule is NC[C@H]([C@H]1CCOC1)N1CCOCC1. The molecular formula is C10H20N2O2. The van der Waals surface area contributed by atoms with Crippen LogP contribution in [-0.4, -0.2) is 57.0 Å². The third-order valence-electron chi connectivity index (χ3n) is 3.27. The Bertz CT molecular complexity index is 166. The highest BCUT2D eigenvalue weighted by Crippen LogP contribution is 2.21. The van der Waals surface area contributed by atoms with Gasteiger partial charge in [0.1, 0.15) is 0 Å². The molecule has 14 heavy (non-hydrogen) atoms. The average Bonchev–Trinajstić information content (AvgIpc) is 2.74. The zero-order valence-corrected chi connectivity index (χ0v) is 8.65. The van der Waals surface area contributed by atoms with Crippen LogP contribution in [0.25, 0.3) is 0 Å². The van der Waals surface area contributed by atoms with Crippen molar-refractivity contribution < 1.29 is 9.47 Å². The highest BCUT2D eigenvalue weighted by atomic mass is 16.5. The minimum absolute atomic E-state index is 0.501. The lowest BCUT2D eigenvalue weighted by molar-refractivity contribution is 0.00358. The van der Waals surface area contributed by atoms with E-state index in [9.17, 15) is 0 Å². The van der Waals surface area contributed by atoms with Crippen molar-refractivity contribution in [2.24, 2.45) is 11.7 Å². The summed E-state index contributed by atoms with van der Waals surface area (Å²) in [5.74, 6) is 0.637. The predicted molar refractivity (Wildman–Crippen MR) is 54.2 cm³/mol. The van der Waals surface area contributed by atoms with E-state index in [0.29, 0.717) is 12.0 Å². The van der Waals surface area contributed by atoms with Crippen LogP contribution in [0.2, 0.25) is 0 Å². The molecule has 2 rings (SSSR count). The van der Waals surface area contributed by atoms with E-state index in [1.54, 1.807) is 0 Å². The third kappa shape index (κ3) is 2.25. The number of rotatable bonds is 3. The molecule has 2 aliphatic heterocycles. The Labute approximate surface area is 85.3 Å². The summed E-state index contributed by atoms with van der Waals surface area (Å²) in [4.78, 5) is 2.46. The maximum atomic E-state index is 5.85. The minimum Gasteiger partial charge on any atom is -0.381 e. The van der Waals surface area contributed by atoms with Crippen molar-refractivity contribution in [1.82, 2.24) is 4.90 Å². The molecule has 2 heterocycles. The van der Waals surface area contributed by atoms with Crippen molar-refractivity contribution in [2.45, 2.75) is 12.5 Å². The van der Waals surface area contributed by atoms with Gasteiger partial charge in [-0.3, -0.25) is 4.90 Å². The molecule has 0 aromatic heterocycles. The summed E-state index contributed by atoms with van der Waals surface area (Å²) < 4.78 is 10.8. The fourth-order valence-electron chi connectivity index (χ4n) is 2.40. The van der Waals surface area contributed by atoms with E-state index in [4.69, 9.17) is 15.2 Å². The fraction of sp³-hybridized carbons (Fsp3) is 1.00. The minimum atomic E-state index is 0.501. The van der Waals surface area contributed by atoms with Crippen LogP contribution in [-0.2, 0) is 9.47 Å². The highest BCUT2D eigenvalue weighted by Gasteiger charge is 2.30. The fourth-order valence-corrected chi connectivity index (χ4v) is 2.40. The van der Waals surface area contributed by atoms with E-state index in [-0.39, 0.29) is 0 Å². The van der Waals surface area contributed by atoms with E-state index >= 15 is 0 Å². The number of morpholine rings is 1. The molecule has 0 radical (unpaired) electrons. The average molecular weight is 200 g/mol. The Kier molecular flexibility index (Phi) is 3.75. The van der Waals surface area contributed by atoms with Gasteiger partial charge in [-0.2, -0.15) is 0 Å². The van der Waals surface area contributed by atoms with E-state index < -0.39 is 0 Å². The van der Waals surface area contributed by atoms with E-state index in [2.05, 4.69) is 4.90 Å². The summed E-state index contributed by atoms with van der Waals surface area (Å²) in [5.41, 5.74) is 5.85. The van der Waals surface area contributed by atoms with Crippen molar-refractivity contribution in [1.29, 1.82) is 0 Å². The lowest BCUT2D eigenvalue weighted by atomic mass is 9.97. The molecule has 2 aliphatic rings. The molecule has 2 atom stereocenters. The first kappa shape index (κ1) is 10.4. The summed E-state index contributed by atoms with van der Waals surface area (Å²) in [5, 5.41) is 0. The molecular weight excluding hydrogens is 180 g/mol. The van der Waals surface area contributed by atoms with Crippen molar-refractivity contribution in [2.75, 3.05) is 46.1 Å². The van der Waals surface area contributed by atoms with Crippen molar-refractivity contribution in [3.63, 3.8) is 0 Å². The quantitative estimate of drug-likeness (QED) is 0.678. The van der Waals surface area contributed by atoms with Crippen molar-refractivity contribution in [3.05, 3.63) is 0 Å². The van der Waals surface area contributed by atoms with Crippen LogP contribution in [0.3, 0.4) is 0 Å². The van der Waals surface area contributed by atoms with E-state index in [0.717, 1.165) is 46.1 Å². The monoisotopic (exact) mass is 200 g/mol. The third-order valence-corrected chi connectivity index (χ3v) is 3.27. The Balaban J connectivity index is 1.89. The molecule has 4 nitrogen and oxygen atoms in total. The van der Waals surface area contributed by atoms with Gasteiger partial charge in [-0.05, 0) is 6.42 Å². The maximum absolute atomic E-state index is 5.85. The Morgan fingerprint density at radius 3 is 2.57 bits per heavy atom. The molecule has 2 saturated heterocycles. The molecule has 4 heteroatoms. The second kappa shape index (κ2) is 5.07. The molecule has 0 unspecified atom stereocenters. The predicted octanol–water partition coefficient (Wildman–Crippen LogP) is -0.318. The van der Waals surface area contributed by atoms with Crippen LogP contribution in [0.15, 0.2) is 0 Å². The smallest absolute Gasteiger partial charge is 0.0594 e. The van der Waals surface area contributed by atoms with Gasteiger partial charge in [0.25, 0.3) is 0 Å². The number of nitrogens with two attached hydrogens (primary N) is 1. The van der Waals surface area contributed by atoms with Gasteiger partial charge in [-0.1, -0.05) is 0 Å². The van der Waals surface area contributed by atoms with Gasteiger partial charge >= 0.3 is 0 Å². The summed E-state index contributed by atoms with van der Waals surface area (Å²) in [6.45, 7) is 6.30. The van der Waals surface area contributed by atoms with Gasteiger partial charge in [-0.25, -0.2) is 0 Å². The van der Waals surface area contributed by atoms with Crippen molar-refractivity contribution >= 4 is 0 Å². The molecule has 2 N–H and O–H groups in total. The van der Waals surface area contributed by atoms with E-state index in [1.807, 2.05) is 0 Å². The second-order valence-electron chi connectivity index (χ2n) is 4.08. The second-order valence-corrected chi connectivity index (χ2v) is 4.08. The van der Waals surface area contributed by atoms with Crippen LogP contribution < -0.4 is 5.73 Å². The molecule has 2 fully saturated rings. The molecule has 0 amide bonds. The Morgan fingerprint density at radius 1 is 1.21 bits per heavy atom. The largest absolute Gasteiger partial charge is 0.381 e. The van der Waals surface area contributed by atoms with Gasteiger partial charge in [-0.15, -0.1) is 0 Å². The zero-order chi connectivity index (χ0) is 9.80. The molecule has 0 spiro atoms. The number of nitrogens with zero attached hydrogens (tertiary/aromatic N) is 1. The number of hydrogen-bond acceptors (Lipinski definition) is 4. The summed E-state index contributed by atoms with van der Waals surface area (Å²) >= 11 is 0. The van der Waals surface area contributed by atoms with Crippen LogP contribution in [0.1, 0.15) is 6.42 Å². The molecule has 0 aromatic rings. The Hall–Kier alpha value is -0.160. The standard InChI is InChI=1S/C10H20N2O2/c11-7-10(9-1-4-14-8-9)12-2-5-13-6-3-12/h9-10H,1-8,11H2/t9-,10+/m0/s1. The topological polar surface area (TPSA) is 47.7 Å².